The Labute approximate surface area is 126 Å². The largest absolute Gasteiger partial charge is 0.380 e. The van der Waals surface area contributed by atoms with Gasteiger partial charge in [0, 0.05) is 29.6 Å². The second kappa shape index (κ2) is 5.33. The van der Waals surface area contributed by atoms with Crippen molar-refractivity contribution in [2.45, 2.75) is 13.5 Å². The van der Waals surface area contributed by atoms with Crippen LogP contribution in [0.1, 0.15) is 11.3 Å². The van der Waals surface area contributed by atoms with E-state index in [9.17, 15) is 4.39 Å². The number of fused-ring (bicyclic) bond motifs is 1. The van der Waals surface area contributed by atoms with Crippen molar-refractivity contribution in [3.8, 4) is 0 Å². The van der Waals surface area contributed by atoms with Gasteiger partial charge < -0.3 is 5.32 Å². The molecule has 6 heteroatoms. The van der Waals surface area contributed by atoms with Crippen LogP contribution in [0.5, 0.6) is 0 Å². The van der Waals surface area contributed by atoms with Gasteiger partial charge in [0.05, 0.1) is 17.6 Å². The fraction of sp³-hybridized carbons (Fsp3) is 0.200. The average Bonchev–Trinajstić information content (AvgIpc) is 2.73. The van der Waals surface area contributed by atoms with Crippen molar-refractivity contribution in [3.63, 3.8) is 0 Å². The highest BCUT2D eigenvalue weighted by Gasteiger charge is 2.08. The van der Waals surface area contributed by atoms with Crippen LogP contribution in [0.2, 0.25) is 5.02 Å². The lowest BCUT2D eigenvalue weighted by molar-refractivity contribution is 0.613. The minimum absolute atomic E-state index is 0.318. The summed E-state index contributed by atoms with van der Waals surface area (Å²) in [6.07, 6.45) is 1.72. The van der Waals surface area contributed by atoms with Crippen LogP contribution in [0.25, 0.3) is 11.0 Å². The summed E-state index contributed by atoms with van der Waals surface area (Å²) in [4.78, 5) is 4.37. The molecule has 0 unspecified atom stereocenters. The highest BCUT2D eigenvalue weighted by Crippen LogP contribution is 2.20. The van der Waals surface area contributed by atoms with E-state index in [0.29, 0.717) is 17.1 Å². The molecule has 0 aliphatic heterocycles. The summed E-state index contributed by atoms with van der Waals surface area (Å²) in [5.41, 5.74) is 3.13. The first-order chi connectivity index (χ1) is 10.0. The Kier molecular flexibility index (Phi) is 3.51. The third-order valence-electron chi connectivity index (χ3n) is 3.36. The molecule has 0 saturated carbocycles. The van der Waals surface area contributed by atoms with Crippen LogP contribution in [-0.2, 0) is 13.6 Å². The van der Waals surface area contributed by atoms with Crippen molar-refractivity contribution in [2.24, 2.45) is 7.05 Å². The van der Waals surface area contributed by atoms with Gasteiger partial charge in [0.15, 0.2) is 5.65 Å². The van der Waals surface area contributed by atoms with Gasteiger partial charge in [0.25, 0.3) is 0 Å². The van der Waals surface area contributed by atoms with Gasteiger partial charge in [-0.15, -0.1) is 0 Å². The Morgan fingerprint density at radius 2 is 2.14 bits per heavy atom. The minimum Gasteiger partial charge on any atom is -0.380 e. The predicted octanol–water partition coefficient (Wildman–Crippen LogP) is 3.68. The maximum absolute atomic E-state index is 13.7. The maximum Gasteiger partial charge on any atom is 0.157 e. The molecule has 1 N–H and O–H groups in total. The number of nitrogens with zero attached hydrogens (tertiary/aromatic N) is 3. The monoisotopic (exact) mass is 304 g/mol. The Bertz CT molecular complexity index is 813. The zero-order valence-corrected chi connectivity index (χ0v) is 12.4. The molecule has 0 bridgehead atoms. The van der Waals surface area contributed by atoms with Crippen molar-refractivity contribution in [3.05, 3.63) is 52.6 Å². The van der Waals surface area contributed by atoms with E-state index in [1.54, 1.807) is 23.0 Å². The summed E-state index contributed by atoms with van der Waals surface area (Å²) in [6.45, 7) is 2.31. The van der Waals surface area contributed by atoms with Gasteiger partial charge >= 0.3 is 0 Å². The van der Waals surface area contributed by atoms with E-state index in [0.717, 1.165) is 22.4 Å². The van der Waals surface area contributed by atoms with E-state index < -0.39 is 0 Å². The molecular weight excluding hydrogens is 291 g/mol. The van der Waals surface area contributed by atoms with Crippen LogP contribution in [0.3, 0.4) is 0 Å². The molecule has 1 aromatic carbocycles. The van der Waals surface area contributed by atoms with Crippen molar-refractivity contribution in [1.29, 1.82) is 0 Å². The first kappa shape index (κ1) is 13.8. The molecule has 0 fully saturated rings. The van der Waals surface area contributed by atoms with Crippen LogP contribution >= 0.6 is 11.6 Å². The van der Waals surface area contributed by atoms with E-state index in [4.69, 9.17) is 11.6 Å². The van der Waals surface area contributed by atoms with Crippen molar-refractivity contribution in [1.82, 2.24) is 14.8 Å². The van der Waals surface area contributed by atoms with Crippen molar-refractivity contribution < 1.29 is 4.39 Å². The molecule has 0 spiro atoms. The van der Waals surface area contributed by atoms with Crippen LogP contribution in [-0.4, -0.2) is 14.8 Å². The number of hydrogen-bond acceptors (Lipinski definition) is 3. The lowest BCUT2D eigenvalue weighted by Gasteiger charge is -2.07. The molecule has 0 radical (unpaired) electrons. The fourth-order valence-electron chi connectivity index (χ4n) is 2.27. The van der Waals surface area contributed by atoms with Gasteiger partial charge in [-0.3, -0.25) is 4.68 Å². The summed E-state index contributed by atoms with van der Waals surface area (Å²) in [6, 6.07) is 6.63. The summed E-state index contributed by atoms with van der Waals surface area (Å²) in [5.74, 6) is -0.318. The number of aryl methyl sites for hydroxylation is 2. The third kappa shape index (κ3) is 2.69. The van der Waals surface area contributed by atoms with Crippen molar-refractivity contribution in [2.75, 3.05) is 5.32 Å². The van der Waals surface area contributed by atoms with Gasteiger partial charge in [-0.2, -0.15) is 5.10 Å². The molecular formula is C15H14ClFN4. The van der Waals surface area contributed by atoms with Gasteiger partial charge in [-0.25, -0.2) is 9.37 Å². The van der Waals surface area contributed by atoms with Crippen LogP contribution in [0, 0.1) is 12.7 Å². The number of benzene rings is 1. The SMILES string of the molecule is Cc1nn(C)c2ncc(NCc3ccc(Cl)cc3F)cc12. The highest BCUT2D eigenvalue weighted by atomic mass is 35.5. The molecule has 0 aliphatic carbocycles. The average molecular weight is 305 g/mol. The zero-order chi connectivity index (χ0) is 15.0. The van der Waals surface area contributed by atoms with Crippen LogP contribution in [0.4, 0.5) is 10.1 Å². The first-order valence-electron chi connectivity index (χ1n) is 6.52. The number of nitrogens with one attached hydrogen (secondary N) is 1. The molecule has 3 rings (SSSR count). The molecule has 3 aromatic rings. The molecule has 0 aliphatic rings. The van der Waals surface area contributed by atoms with E-state index in [1.807, 2.05) is 20.0 Å². The normalized spacial score (nSPS) is 11.0. The molecule has 2 aromatic heterocycles. The van der Waals surface area contributed by atoms with Crippen LogP contribution in [0.15, 0.2) is 30.5 Å². The second-order valence-corrected chi connectivity index (χ2v) is 5.33. The van der Waals surface area contributed by atoms with Gasteiger partial charge in [0.2, 0.25) is 0 Å². The zero-order valence-electron chi connectivity index (χ0n) is 11.7. The van der Waals surface area contributed by atoms with Gasteiger partial charge in [-0.1, -0.05) is 17.7 Å². The Morgan fingerprint density at radius 1 is 1.33 bits per heavy atom. The predicted molar refractivity (Wildman–Crippen MR) is 82.0 cm³/mol. The number of rotatable bonds is 3. The first-order valence-corrected chi connectivity index (χ1v) is 6.89. The number of anilines is 1. The van der Waals surface area contributed by atoms with Gasteiger partial charge in [0.1, 0.15) is 5.82 Å². The molecule has 21 heavy (non-hydrogen) atoms. The van der Waals surface area contributed by atoms with E-state index >= 15 is 0 Å². The van der Waals surface area contributed by atoms with E-state index in [1.165, 1.54) is 6.07 Å². The molecule has 4 nitrogen and oxygen atoms in total. The Balaban J connectivity index is 1.83. The smallest absolute Gasteiger partial charge is 0.157 e. The summed E-state index contributed by atoms with van der Waals surface area (Å²) in [7, 11) is 1.86. The summed E-state index contributed by atoms with van der Waals surface area (Å²) >= 11 is 5.74. The number of pyridine rings is 1. The van der Waals surface area contributed by atoms with Gasteiger partial charge in [-0.05, 0) is 25.1 Å². The maximum atomic E-state index is 13.7. The molecule has 2 heterocycles. The Morgan fingerprint density at radius 3 is 2.90 bits per heavy atom. The summed E-state index contributed by atoms with van der Waals surface area (Å²) < 4.78 is 15.5. The molecule has 0 atom stereocenters. The number of halogens is 2. The van der Waals surface area contributed by atoms with E-state index in [-0.39, 0.29) is 5.82 Å². The molecule has 0 saturated heterocycles. The molecule has 108 valence electrons. The van der Waals surface area contributed by atoms with Crippen molar-refractivity contribution >= 4 is 28.3 Å². The highest BCUT2D eigenvalue weighted by molar-refractivity contribution is 6.30. The minimum atomic E-state index is -0.318. The Hall–Kier alpha value is -2.14. The van der Waals surface area contributed by atoms with E-state index in [2.05, 4.69) is 15.4 Å². The quantitative estimate of drug-likeness (QED) is 0.802. The number of aromatic nitrogens is 3. The summed E-state index contributed by atoms with van der Waals surface area (Å²) in [5, 5.41) is 8.87. The lowest BCUT2D eigenvalue weighted by Crippen LogP contribution is -2.02. The third-order valence-corrected chi connectivity index (χ3v) is 3.60. The standard InChI is InChI=1S/C15H14ClFN4/c1-9-13-6-12(8-19-15(13)21(2)20-9)18-7-10-3-4-11(16)5-14(10)17/h3-6,8,18H,7H2,1-2H3. The topological polar surface area (TPSA) is 42.7 Å². The van der Waals surface area contributed by atoms with Crippen LogP contribution < -0.4 is 5.32 Å². The fourth-order valence-corrected chi connectivity index (χ4v) is 2.43. The molecule has 0 amide bonds. The number of hydrogen-bond donors (Lipinski definition) is 1. The second-order valence-electron chi connectivity index (χ2n) is 4.89. The lowest BCUT2D eigenvalue weighted by atomic mass is 10.2.